The zero-order valence-electron chi connectivity index (χ0n) is 7.56. The van der Waals surface area contributed by atoms with Crippen LogP contribution >= 0.6 is 0 Å². The summed E-state index contributed by atoms with van der Waals surface area (Å²) in [5, 5.41) is 0. The van der Waals surface area contributed by atoms with Crippen LogP contribution in [0.1, 0.15) is 40.0 Å². The fourth-order valence-electron chi connectivity index (χ4n) is 1.23. The Kier molecular flexibility index (Phi) is 5.38. The molecule has 10 heavy (non-hydrogen) atoms. The van der Waals surface area contributed by atoms with Crippen molar-refractivity contribution in [1.82, 2.24) is 0 Å². The van der Waals surface area contributed by atoms with Crippen molar-refractivity contribution in [3.05, 3.63) is 12.7 Å². The highest BCUT2D eigenvalue weighted by Crippen LogP contribution is 2.17. The second kappa shape index (κ2) is 5.52. The van der Waals surface area contributed by atoms with Crippen molar-refractivity contribution in [2.75, 3.05) is 0 Å². The Labute approximate surface area is 65.3 Å². The van der Waals surface area contributed by atoms with E-state index in [4.69, 9.17) is 0 Å². The van der Waals surface area contributed by atoms with Crippen molar-refractivity contribution in [1.29, 1.82) is 0 Å². The summed E-state index contributed by atoms with van der Waals surface area (Å²) in [6, 6.07) is 0. The second-order valence-electron chi connectivity index (χ2n) is 3.38. The van der Waals surface area contributed by atoms with Gasteiger partial charge in [-0.25, -0.2) is 0 Å². The lowest BCUT2D eigenvalue weighted by molar-refractivity contribution is 0.408. The maximum Gasteiger partial charge on any atom is -0.0327 e. The van der Waals surface area contributed by atoms with Crippen molar-refractivity contribution in [3.8, 4) is 0 Å². The second-order valence-corrected chi connectivity index (χ2v) is 3.38. The molecule has 2 atom stereocenters. The van der Waals surface area contributed by atoms with E-state index in [0.29, 0.717) is 0 Å². The van der Waals surface area contributed by atoms with E-state index in [0.717, 1.165) is 11.8 Å². The van der Waals surface area contributed by atoms with Crippen LogP contribution in [0, 0.1) is 11.8 Å². The first-order chi connectivity index (χ1) is 4.70. The number of rotatable bonds is 5. The molecule has 60 valence electrons. The molecule has 0 aliphatic rings. The molecule has 0 radical (unpaired) electrons. The zero-order chi connectivity index (χ0) is 7.98. The average Bonchev–Trinajstić information content (AvgIpc) is 1.88. The van der Waals surface area contributed by atoms with Crippen molar-refractivity contribution in [3.63, 3.8) is 0 Å². The lowest BCUT2D eigenvalue weighted by Gasteiger charge is -2.13. The smallest absolute Gasteiger partial charge is 0.0327 e. The molecule has 0 bridgehead atoms. The molecular weight excluding hydrogens is 120 g/mol. The SMILES string of the molecule is C=CCC(C)CC(C)CC. The minimum Gasteiger partial charge on any atom is -0.103 e. The van der Waals surface area contributed by atoms with Crippen molar-refractivity contribution < 1.29 is 0 Å². The Balaban J connectivity index is 3.35. The molecule has 0 aliphatic heterocycles. The maximum absolute atomic E-state index is 3.73. The van der Waals surface area contributed by atoms with Gasteiger partial charge in [-0.3, -0.25) is 0 Å². The van der Waals surface area contributed by atoms with Crippen LogP contribution in [0.2, 0.25) is 0 Å². The normalized spacial score (nSPS) is 16.3. The van der Waals surface area contributed by atoms with Crippen molar-refractivity contribution >= 4 is 0 Å². The van der Waals surface area contributed by atoms with E-state index in [2.05, 4.69) is 27.4 Å². The van der Waals surface area contributed by atoms with Gasteiger partial charge in [-0.2, -0.15) is 0 Å². The molecule has 0 rings (SSSR count). The molecule has 0 aromatic heterocycles. The first kappa shape index (κ1) is 9.74. The van der Waals surface area contributed by atoms with E-state index >= 15 is 0 Å². The van der Waals surface area contributed by atoms with E-state index in [9.17, 15) is 0 Å². The van der Waals surface area contributed by atoms with Crippen molar-refractivity contribution in [2.24, 2.45) is 11.8 Å². The third-order valence-corrected chi connectivity index (χ3v) is 2.07. The number of hydrogen-bond donors (Lipinski definition) is 0. The minimum atomic E-state index is 0.826. The van der Waals surface area contributed by atoms with E-state index < -0.39 is 0 Å². The van der Waals surface area contributed by atoms with Crippen LogP contribution in [-0.4, -0.2) is 0 Å². The predicted octanol–water partition coefficient (Wildman–Crippen LogP) is 3.63. The van der Waals surface area contributed by atoms with Crippen LogP contribution < -0.4 is 0 Å². The summed E-state index contributed by atoms with van der Waals surface area (Å²) in [6.07, 6.45) is 5.85. The van der Waals surface area contributed by atoms with E-state index in [1.165, 1.54) is 19.3 Å². The monoisotopic (exact) mass is 140 g/mol. The molecule has 0 N–H and O–H groups in total. The molecule has 0 fully saturated rings. The van der Waals surface area contributed by atoms with E-state index in [1.54, 1.807) is 0 Å². The summed E-state index contributed by atoms with van der Waals surface area (Å²) in [7, 11) is 0. The van der Waals surface area contributed by atoms with E-state index in [1.807, 2.05) is 6.08 Å². The zero-order valence-corrected chi connectivity index (χ0v) is 7.56. The molecular formula is C10H20. The highest BCUT2D eigenvalue weighted by molar-refractivity contribution is 4.71. The quantitative estimate of drug-likeness (QED) is 0.511. The van der Waals surface area contributed by atoms with Gasteiger partial charge >= 0.3 is 0 Å². The molecule has 0 spiro atoms. The third kappa shape index (κ3) is 4.60. The molecule has 0 aliphatic carbocycles. The minimum absolute atomic E-state index is 0.826. The van der Waals surface area contributed by atoms with Crippen LogP contribution in [0.5, 0.6) is 0 Å². The molecule has 0 nitrogen and oxygen atoms in total. The van der Waals surface area contributed by atoms with Gasteiger partial charge < -0.3 is 0 Å². The number of allylic oxidation sites excluding steroid dienone is 1. The Bertz CT molecular complexity index is 84.0. The molecule has 0 aromatic rings. The highest BCUT2D eigenvalue weighted by Gasteiger charge is 2.04. The Morgan fingerprint density at radius 1 is 1.30 bits per heavy atom. The molecule has 2 unspecified atom stereocenters. The fourth-order valence-corrected chi connectivity index (χ4v) is 1.23. The summed E-state index contributed by atoms with van der Waals surface area (Å²) >= 11 is 0. The Morgan fingerprint density at radius 2 is 1.90 bits per heavy atom. The lowest BCUT2D eigenvalue weighted by atomic mass is 9.93. The molecule has 0 amide bonds. The van der Waals surface area contributed by atoms with Gasteiger partial charge in [0.05, 0.1) is 0 Å². The standard InChI is InChI=1S/C10H20/c1-5-7-10(4)8-9(3)6-2/h5,9-10H,1,6-8H2,2-4H3. The van der Waals surface area contributed by atoms with Gasteiger partial charge in [0.2, 0.25) is 0 Å². The third-order valence-electron chi connectivity index (χ3n) is 2.07. The first-order valence-corrected chi connectivity index (χ1v) is 4.31. The first-order valence-electron chi connectivity index (χ1n) is 4.31. The van der Waals surface area contributed by atoms with Gasteiger partial charge in [-0.05, 0) is 24.7 Å². The van der Waals surface area contributed by atoms with Gasteiger partial charge in [-0.15, -0.1) is 6.58 Å². The van der Waals surface area contributed by atoms with Gasteiger partial charge in [-0.1, -0.05) is 33.3 Å². The van der Waals surface area contributed by atoms with Crippen LogP contribution in [0.25, 0.3) is 0 Å². The highest BCUT2D eigenvalue weighted by atomic mass is 14.1. The predicted molar refractivity (Wildman–Crippen MR) is 48.1 cm³/mol. The maximum atomic E-state index is 3.73. The summed E-state index contributed by atoms with van der Waals surface area (Å²) in [5.74, 6) is 1.71. The van der Waals surface area contributed by atoms with Crippen molar-refractivity contribution in [2.45, 2.75) is 40.0 Å². The molecule has 0 aromatic carbocycles. The Hall–Kier alpha value is -0.260. The van der Waals surface area contributed by atoms with Crippen LogP contribution in [0.15, 0.2) is 12.7 Å². The van der Waals surface area contributed by atoms with Crippen LogP contribution in [0.4, 0.5) is 0 Å². The summed E-state index contributed by atoms with van der Waals surface area (Å²) in [6.45, 7) is 10.6. The molecule has 0 heterocycles. The lowest BCUT2D eigenvalue weighted by Crippen LogP contribution is -2.00. The summed E-state index contributed by atoms with van der Waals surface area (Å²) in [4.78, 5) is 0. The van der Waals surface area contributed by atoms with Gasteiger partial charge in [0.15, 0.2) is 0 Å². The van der Waals surface area contributed by atoms with Crippen LogP contribution in [-0.2, 0) is 0 Å². The van der Waals surface area contributed by atoms with Crippen LogP contribution in [0.3, 0.4) is 0 Å². The summed E-state index contributed by atoms with van der Waals surface area (Å²) < 4.78 is 0. The largest absolute Gasteiger partial charge is 0.103 e. The topological polar surface area (TPSA) is 0 Å². The van der Waals surface area contributed by atoms with Gasteiger partial charge in [0.1, 0.15) is 0 Å². The molecule has 0 saturated heterocycles. The fraction of sp³-hybridized carbons (Fsp3) is 0.800. The van der Waals surface area contributed by atoms with E-state index in [-0.39, 0.29) is 0 Å². The molecule has 0 saturated carbocycles. The number of hydrogen-bond acceptors (Lipinski definition) is 0. The molecule has 0 heteroatoms. The Morgan fingerprint density at radius 3 is 2.30 bits per heavy atom. The summed E-state index contributed by atoms with van der Waals surface area (Å²) in [5.41, 5.74) is 0. The average molecular weight is 140 g/mol. The van der Waals surface area contributed by atoms with Gasteiger partial charge in [0.25, 0.3) is 0 Å². The van der Waals surface area contributed by atoms with Gasteiger partial charge in [0, 0.05) is 0 Å².